The number of ether oxygens (including phenoxy) is 1. The molecule has 146 valence electrons. The summed E-state index contributed by atoms with van der Waals surface area (Å²) in [7, 11) is 1.57. The van der Waals surface area contributed by atoms with Crippen LogP contribution >= 0.6 is 0 Å². The highest BCUT2D eigenvalue weighted by molar-refractivity contribution is 6.05. The van der Waals surface area contributed by atoms with Gasteiger partial charge in [-0.25, -0.2) is 4.79 Å². The SMILES string of the molecule is CCNCc1ccc(NC(=O)c2cc3ccc(OC)c(CC)c3oc2=O)cc1. The Morgan fingerprint density at radius 2 is 1.86 bits per heavy atom. The minimum atomic E-state index is -0.670. The Bertz CT molecular complexity index is 1040. The fraction of sp³-hybridized carbons (Fsp3) is 0.273. The fourth-order valence-corrected chi connectivity index (χ4v) is 3.08. The number of hydrogen-bond acceptors (Lipinski definition) is 5. The molecule has 0 saturated carbocycles. The van der Waals surface area contributed by atoms with E-state index < -0.39 is 11.5 Å². The molecule has 6 nitrogen and oxygen atoms in total. The second-order valence-electron chi connectivity index (χ2n) is 6.40. The molecule has 6 heteroatoms. The van der Waals surface area contributed by atoms with Gasteiger partial charge in [-0.3, -0.25) is 4.79 Å². The summed E-state index contributed by atoms with van der Waals surface area (Å²) in [6, 6.07) is 12.6. The molecule has 28 heavy (non-hydrogen) atoms. The van der Waals surface area contributed by atoms with Crippen molar-refractivity contribution in [2.24, 2.45) is 0 Å². The summed E-state index contributed by atoms with van der Waals surface area (Å²) in [5.41, 5.74) is 2.30. The largest absolute Gasteiger partial charge is 0.496 e. The number of amides is 1. The van der Waals surface area contributed by atoms with Crippen LogP contribution in [0.15, 0.2) is 51.7 Å². The number of fused-ring (bicyclic) bond motifs is 1. The molecule has 0 aliphatic rings. The van der Waals surface area contributed by atoms with Crippen LogP contribution in [0.25, 0.3) is 11.0 Å². The third-order valence-electron chi connectivity index (χ3n) is 4.57. The van der Waals surface area contributed by atoms with Crippen LogP contribution < -0.4 is 21.0 Å². The topological polar surface area (TPSA) is 80.6 Å². The maximum Gasteiger partial charge on any atom is 0.349 e. The van der Waals surface area contributed by atoms with Crippen LogP contribution in [-0.4, -0.2) is 19.6 Å². The zero-order valence-corrected chi connectivity index (χ0v) is 16.3. The first-order chi connectivity index (χ1) is 13.6. The average molecular weight is 380 g/mol. The molecule has 2 aromatic carbocycles. The average Bonchev–Trinajstić information content (AvgIpc) is 2.71. The van der Waals surface area contributed by atoms with Gasteiger partial charge in [0.25, 0.3) is 5.91 Å². The van der Waals surface area contributed by atoms with Crippen molar-refractivity contribution < 1.29 is 13.9 Å². The first-order valence-electron chi connectivity index (χ1n) is 9.32. The van der Waals surface area contributed by atoms with Crippen molar-refractivity contribution in [1.82, 2.24) is 5.32 Å². The number of aryl methyl sites for hydroxylation is 1. The Morgan fingerprint density at radius 3 is 2.50 bits per heavy atom. The predicted molar refractivity (Wildman–Crippen MR) is 110 cm³/mol. The third-order valence-corrected chi connectivity index (χ3v) is 4.57. The van der Waals surface area contributed by atoms with E-state index in [1.54, 1.807) is 19.2 Å². The van der Waals surface area contributed by atoms with Crippen molar-refractivity contribution >= 4 is 22.6 Å². The molecule has 0 fully saturated rings. The molecule has 0 atom stereocenters. The first-order valence-corrected chi connectivity index (χ1v) is 9.32. The maximum absolute atomic E-state index is 12.6. The van der Waals surface area contributed by atoms with Gasteiger partial charge in [-0.2, -0.15) is 0 Å². The number of benzene rings is 2. The molecule has 0 spiro atoms. The molecule has 1 heterocycles. The van der Waals surface area contributed by atoms with E-state index in [9.17, 15) is 9.59 Å². The van der Waals surface area contributed by atoms with Crippen molar-refractivity contribution in [3.05, 3.63) is 69.6 Å². The van der Waals surface area contributed by atoms with Crippen molar-refractivity contribution in [2.75, 3.05) is 19.0 Å². The molecule has 2 N–H and O–H groups in total. The summed E-state index contributed by atoms with van der Waals surface area (Å²) in [6.45, 7) is 5.66. The molecular weight excluding hydrogens is 356 g/mol. The summed E-state index contributed by atoms with van der Waals surface area (Å²) in [6.07, 6.45) is 0.647. The van der Waals surface area contributed by atoms with Crippen LogP contribution in [-0.2, 0) is 13.0 Å². The molecule has 0 unspecified atom stereocenters. The lowest BCUT2D eigenvalue weighted by Crippen LogP contribution is -2.21. The Morgan fingerprint density at radius 1 is 1.11 bits per heavy atom. The zero-order chi connectivity index (χ0) is 20.1. The zero-order valence-electron chi connectivity index (χ0n) is 16.3. The molecule has 1 amide bonds. The van der Waals surface area contributed by atoms with E-state index in [-0.39, 0.29) is 5.56 Å². The van der Waals surface area contributed by atoms with Gasteiger partial charge in [0.05, 0.1) is 7.11 Å². The highest BCUT2D eigenvalue weighted by Crippen LogP contribution is 2.28. The highest BCUT2D eigenvalue weighted by atomic mass is 16.5. The van der Waals surface area contributed by atoms with Gasteiger partial charge in [0, 0.05) is 23.2 Å². The number of hydrogen-bond donors (Lipinski definition) is 2. The number of carbonyl (C=O) groups is 1. The Kier molecular flexibility index (Phi) is 6.11. The third kappa shape index (κ3) is 4.07. The van der Waals surface area contributed by atoms with Crippen molar-refractivity contribution in [2.45, 2.75) is 26.8 Å². The van der Waals surface area contributed by atoms with E-state index in [2.05, 4.69) is 10.6 Å². The van der Waals surface area contributed by atoms with Crippen molar-refractivity contribution in [1.29, 1.82) is 0 Å². The van der Waals surface area contributed by atoms with Gasteiger partial charge in [0.15, 0.2) is 0 Å². The maximum atomic E-state index is 12.6. The van der Waals surface area contributed by atoms with Gasteiger partial charge in [-0.05, 0) is 48.9 Å². The van der Waals surface area contributed by atoms with E-state index >= 15 is 0 Å². The molecule has 0 aliphatic carbocycles. The van der Waals surface area contributed by atoms with Crippen molar-refractivity contribution in [3.8, 4) is 5.75 Å². The van der Waals surface area contributed by atoms with Gasteiger partial charge in [-0.15, -0.1) is 0 Å². The van der Waals surface area contributed by atoms with E-state index in [1.165, 1.54) is 0 Å². The smallest absolute Gasteiger partial charge is 0.349 e. The van der Waals surface area contributed by atoms with Crippen LogP contribution in [0.4, 0.5) is 5.69 Å². The standard InChI is InChI=1S/C22H24N2O4/c1-4-17-19(27-3)11-8-15-12-18(22(26)28-20(15)17)21(25)24-16-9-6-14(7-10-16)13-23-5-2/h6-12,23H,4-5,13H2,1-3H3,(H,24,25). The molecule has 1 aromatic heterocycles. The minimum absolute atomic E-state index is 0.0311. The molecule has 0 bridgehead atoms. The highest BCUT2D eigenvalue weighted by Gasteiger charge is 2.17. The molecule has 0 aliphatic heterocycles. The Balaban J connectivity index is 1.87. The van der Waals surface area contributed by atoms with Gasteiger partial charge >= 0.3 is 5.63 Å². The van der Waals surface area contributed by atoms with E-state index in [4.69, 9.17) is 9.15 Å². The number of methoxy groups -OCH3 is 1. The number of carbonyl (C=O) groups excluding carboxylic acids is 1. The number of anilines is 1. The number of rotatable bonds is 7. The van der Waals surface area contributed by atoms with E-state index in [1.807, 2.05) is 44.2 Å². The lowest BCUT2D eigenvalue weighted by atomic mass is 10.1. The Hall–Kier alpha value is -3.12. The first kappa shape index (κ1) is 19.6. The monoisotopic (exact) mass is 380 g/mol. The van der Waals surface area contributed by atoms with E-state index in [0.717, 1.165) is 24.2 Å². The van der Waals surface area contributed by atoms with Crippen molar-refractivity contribution in [3.63, 3.8) is 0 Å². The van der Waals surface area contributed by atoms with Gasteiger partial charge in [-0.1, -0.05) is 26.0 Å². The van der Waals surface area contributed by atoms with Crippen LogP contribution in [0.1, 0.15) is 35.3 Å². The van der Waals surface area contributed by atoms with E-state index in [0.29, 0.717) is 28.8 Å². The quantitative estimate of drug-likeness (QED) is 0.611. The summed E-state index contributed by atoms with van der Waals surface area (Å²) >= 11 is 0. The summed E-state index contributed by atoms with van der Waals surface area (Å²) in [5, 5.41) is 6.68. The lowest BCUT2D eigenvalue weighted by molar-refractivity contribution is 0.102. The van der Waals surface area contributed by atoms with Crippen LogP contribution in [0.5, 0.6) is 5.75 Å². The van der Waals surface area contributed by atoms with Crippen LogP contribution in [0.2, 0.25) is 0 Å². The van der Waals surface area contributed by atoms with Gasteiger partial charge in [0.2, 0.25) is 0 Å². The molecule has 3 aromatic rings. The number of nitrogens with one attached hydrogen (secondary N) is 2. The lowest BCUT2D eigenvalue weighted by Gasteiger charge is -2.10. The minimum Gasteiger partial charge on any atom is -0.496 e. The van der Waals surface area contributed by atoms with Crippen LogP contribution in [0.3, 0.4) is 0 Å². The molecule has 3 rings (SSSR count). The fourth-order valence-electron chi connectivity index (χ4n) is 3.08. The second-order valence-corrected chi connectivity index (χ2v) is 6.40. The second kappa shape index (κ2) is 8.71. The Labute approximate surface area is 163 Å². The summed E-state index contributed by atoms with van der Waals surface area (Å²) < 4.78 is 10.8. The summed E-state index contributed by atoms with van der Waals surface area (Å²) in [5.74, 6) is 0.164. The van der Waals surface area contributed by atoms with Gasteiger partial charge < -0.3 is 19.8 Å². The van der Waals surface area contributed by atoms with Crippen LogP contribution in [0, 0.1) is 0 Å². The molecular formula is C22H24N2O4. The van der Waals surface area contributed by atoms with Gasteiger partial charge in [0.1, 0.15) is 16.9 Å². The molecule has 0 radical (unpaired) electrons. The normalized spacial score (nSPS) is 10.8. The predicted octanol–water partition coefficient (Wildman–Crippen LogP) is 3.73. The molecule has 0 saturated heterocycles. The summed E-state index contributed by atoms with van der Waals surface area (Å²) in [4.78, 5) is 25.0.